The lowest BCUT2D eigenvalue weighted by molar-refractivity contribution is 0.126. The van der Waals surface area contributed by atoms with E-state index in [1.807, 2.05) is 51.1 Å². The summed E-state index contributed by atoms with van der Waals surface area (Å²) < 4.78 is 7.64. The maximum atomic E-state index is 12.2. The van der Waals surface area contributed by atoms with Crippen LogP contribution in [0.5, 0.6) is 0 Å². The van der Waals surface area contributed by atoms with Gasteiger partial charge in [0.25, 0.3) is 0 Å². The lowest BCUT2D eigenvalue weighted by Gasteiger charge is -2.13. The van der Waals surface area contributed by atoms with Crippen LogP contribution >= 0.6 is 0 Å². The molecular weight excluding hydrogens is 370 g/mol. The highest BCUT2D eigenvalue weighted by Gasteiger charge is 2.18. The maximum absolute atomic E-state index is 12.2. The monoisotopic (exact) mass is 397 g/mol. The summed E-state index contributed by atoms with van der Waals surface area (Å²) in [6, 6.07) is 9.06. The van der Waals surface area contributed by atoms with Gasteiger partial charge in [-0.15, -0.1) is 0 Å². The predicted octanol–water partition coefficient (Wildman–Crippen LogP) is 2.69. The number of anilines is 2. The Morgan fingerprint density at radius 3 is 2.66 bits per heavy atom. The smallest absolute Gasteiger partial charge is 0.319 e. The SMILES string of the molecule is CCOCc1nc2c(NN)nc(C)c(C)c2n1CCNC(=O)Nc1ccccc1. The number of benzene rings is 1. The Bertz CT molecular complexity index is 986. The quantitative estimate of drug-likeness (QED) is 0.343. The van der Waals surface area contributed by atoms with Gasteiger partial charge in [-0.05, 0) is 38.5 Å². The molecule has 0 radical (unpaired) electrons. The lowest BCUT2D eigenvalue weighted by Crippen LogP contribution is -2.31. The van der Waals surface area contributed by atoms with E-state index in [2.05, 4.69) is 25.6 Å². The van der Waals surface area contributed by atoms with Crippen LogP contribution in [0.3, 0.4) is 0 Å². The molecule has 3 aromatic rings. The minimum absolute atomic E-state index is 0.258. The predicted molar refractivity (Wildman–Crippen MR) is 114 cm³/mol. The van der Waals surface area contributed by atoms with Crippen LogP contribution in [-0.2, 0) is 17.9 Å². The Balaban J connectivity index is 1.81. The molecule has 0 aliphatic rings. The summed E-state index contributed by atoms with van der Waals surface area (Å²) in [5, 5.41) is 5.70. The Kier molecular flexibility index (Phi) is 6.63. The number of amides is 2. The minimum Gasteiger partial charge on any atom is -0.374 e. The number of aryl methyl sites for hydroxylation is 2. The molecule has 0 bridgehead atoms. The molecule has 0 fully saturated rings. The number of hydrazine groups is 1. The molecule has 0 aliphatic carbocycles. The van der Waals surface area contributed by atoms with Gasteiger partial charge in [0.05, 0.1) is 5.52 Å². The summed E-state index contributed by atoms with van der Waals surface area (Å²) in [6.45, 7) is 7.78. The second-order valence-electron chi connectivity index (χ2n) is 6.58. The van der Waals surface area contributed by atoms with Crippen molar-refractivity contribution in [1.29, 1.82) is 0 Å². The van der Waals surface area contributed by atoms with Gasteiger partial charge in [-0.3, -0.25) is 0 Å². The number of fused-ring (bicyclic) bond motifs is 1. The van der Waals surface area contributed by atoms with Crippen LogP contribution in [0.1, 0.15) is 24.0 Å². The number of pyridine rings is 1. The average Bonchev–Trinajstić information content (AvgIpc) is 3.08. The Morgan fingerprint density at radius 2 is 1.97 bits per heavy atom. The molecule has 0 aliphatic heterocycles. The Labute approximate surface area is 169 Å². The van der Waals surface area contributed by atoms with Crippen LogP contribution in [0.4, 0.5) is 16.3 Å². The van der Waals surface area contributed by atoms with E-state index in [1.54, 1.807) is 0 Å². The number of para-hydroxylation sites is 1. The van der Waals surface area contributed by atoms with E-state index < -0.39 is 0 Å². The van der Waals surface area contributed by atoms with Crippen molar-refractivity contribution in [3.8, 4) is 0 Å². The molecular formula is C20H27N7O2. The lowest BCUT2D eigenvalue weighted by atomic mass is 10.2. The van der Waals surface area contributed by atoms with E-state index >= 15 is 0 Å². The van der Waals surface area contributed by atoms with Crippen molar-refractivity contribution in [2.75, 3.05) is 23.9 Å². The molecule has 0 saturated heterocycles. The van der Waals surface area contributed by atoms with Crippen molar-refractivity contribution in [3.63, 3.8) is 0 Å². The third kappa shape index (κ3) is 4.64. The normalized spacial score (nSPS) is 10.9. The number of nitrogens with zero attached hydrogens (tertiary/aromatic N) is 3. The van der Waals surface area contributed by atoms with Crippen LogP contribution in [0.15, 0.2) is 30.3 Å². The van der Waals surface area contributed by atoms with Crippen molar-refractivity contribution < 1.29 is 9.53 Å². The van der Waals surface area contributed by atoms with Gasteiger partial charge >= 0.3 is 6.03 Å². The van der Waals surface area contributed by atoms with E-state index in [4.69, 9.17) is 15.6 Å². The van der Waals surface area contributed by atoms with Gasteiger partial charge < -0.3 is 25.4 Å². The standard InChI is InChI=1S/C20H27N7O2/c1-4-29-12-16-25-17-18(13(2)14(3)23-19(17)26-21)27(16)11-10-22-20(28)24-15-8-6-5-7-9-15/h5-9H,4,10-12,21H2,1-3H3,(H,23,26)(H2,22,24,28). The molecule has 29 heavy (non-hydrogen) atoms. The fourth-order valence-electron chi connectivity index (χ4n) is 3.14. The zero-order valence-electron chi connectivity index (χ0n) is 17.0. The maximum Gasteiger partial charge on any atom is 0.319 e. The molecule has 2 aromatic heterocycles. The summed E-state index contributed by atoms with van der Waals surface area (Å²) in [4.78, 5) is 21.3. The Hall–Kier alpha value is -3.17. The molecule has 0 saturated carbocycles. The second-order valence-corrected chi connectivity index (χ2v) is 6.58. The van der Waals surface area contributed by atoms with Crippen molar-refractivity contribution in [2.24, 2.45) is 5.84 Å². The van der Waals surface area contributed by atoms with Crippen LogP contribution in [0.2, 0.25) is 0 Å². The summed E-state index contributed by atoms with van der Waals surface area (Å²) >= 11 is 0. The number of rotatable bonds is 8. The third-order valence-electron chi connectivity index (χ3n) is 4.67. The number of ether oxygens (including phenoxy) is 1. The number of aromatic nitrogens is 3. The van der Waals surface area contributed by atoms with Gasteiger partial charge in [-0.2, -0.15) is 0 Å². The van der Waals surface area contributed by atoms with E-state index in [0.717, 1.165) is 28.3 Å². The first-order valence-corrected chi connectivity index (χ1v) is 9.55. The first-order chi connectivity index (χ1) is 14.0. The molecule has 1 aromatic carbocycles. The number of imidazole rings is 1. The van der Waals surface area contributed by atoms with Crippen molar-refractivity contribution in [2.45, 2.75) is 33.9 Å². The fourth-order valence-corrected chi connectivity index (χ4v) is 3.14. The van der Waals surface area contributed by atoms with Gasteiger partial charge in [0.15, 0.2) is 5.82 Å². The van der Waals surface area contributed by atoms with Gasteiger partial charge in [0.1, 0.15) is 17.9 Å². The summed E-state index contributed by atoms with van der Waals surface area (Å²) in [7, 11) is 0. The number of hydrogen-bond acceptors (Lipinski definition) is 6. The van der Waals surface area contributed by atoms with E-state index in [0.29, 0.717) is 37.6 Å². The van der Waals surface area contributed by atoms with Gasteiger partial charge in [-0.1, -0.05) is 18.2 Å². The largest absolute Gasteiger partial charge is 0.374 e. The first-order valence-electron chi connectivity index (χ1n) is 9.55. The number of hydrogen-bond donors (Lipinski definition) is 4. The molecule has 5 N–H and O–H groups in total. The molecule has 9 nitrogen and oxygen atoms in total. The van der Waals surface area contributed by atoms with Crippen LogP contribution in [0, 0.1) is 13.8 Å². The fraction of sp³-hybridized carbons (Fsp3) is 0.350. The first kappa shape index (κ1) is 20.6. The number of urea groups is 1. The summed E-state index contributed by atoms with van der Waals surface area (Å²) in [5.41, 5.74) is 6.88. The molecule has 0 spiro atoms. The zero-order chi connectivity index (χ0) is 20.8. The summed E-state index contributed by atoms with van der Waals surface area (Å²) in [5.74, 6) is 6.93. The van der Waals surface area contributed by atoms with Crippen molar-refractivity contribution in [1.82, 2.24) is 19.9 Å². The van der Waals surface area contributed by atoms with Gasteiger partial charge in [-0.25, -0.2) is 20.6 Å². The molecule has 0 atom stereocenters. The van der Waals surface area contributed by atoms with Crippen LogP contribution < -0.4 is 21.9 Å². The summed E-state index contributed by atoms with van der Waals surface area (Å²) in [6.07, 6.45) is 0. The number of nitrogens with two attached hydrogens (primary N) is 1. The second kappa shape index (κ2) is 9.35. The topological polar surface area (TPSA) is 119 Å². The average molecular weight is 397 g/mol. The number of nitrogens with one attached hydrogen (secondary N) is 3. The highest BCUT2D eigenvalue weighted by molar-refractivity contribution is 5.90. The van der Waals surface area contributed by atoms with Crippen LogP contribution in [-0.4, -0.2) is 33.7 Å². The molecule has 3 rings (SSSR count). The van der Waals surface area contributed by atoms with E-state index in [1.165, 1.54) is 0 Å². The molecule has 2 heterocycles. The molecule has 0 unspecified atom stereocenters. The third-order valence-corrected chi connectivity index (χ3v) is 4.67. The van der Waals surface area contributed by atoms with Crippen molar-refractivity contribution in [3.05, 3.63) is 47.4 Å². The van der Waals surface area contributed by atoms with E-state index in [-0.39, 0.29) is 6.03 Å². The molecule has 154 valence electrons. The number of carbonyl (C=O) groups is 1. The van der Waals surface area contributed by atoms with Gasteiger partial charge in [0.2, 0.25) is 0 Å². The highest BCUT2D eigenvalue weighted by atomic mass is 16.5. The number of carbonyl (C=O) groups excluding carboxylic acids is 1. The Morgan fingerprint density at radius 1 is 1.21 bits per heavy atom. The zero-order valence-corrected chi connectivity index (χ0v) is 17.0. The highest BCUT2D eigenvalue weighted by Crippen LogP contribution is 2.27. The van der Waals surface area contributed by atoms with Crippen LogP contribution in [0.25, 0.3) is 11.0 Å². The molecule has 9 heteroatoms. The van der Waals surface area contributed by atoms with Crippen molar-refractivity contribution >= 4 is 28.6 Å². The molecule has 2 amide bonds. The van der Waals surface area contributed by atoms with Gasteiger partial charge in [0, 0.05) is 31.1 Å². The minimum atomic E-state index is -0.258. The van der Waals surface area contributed by atoms with E-state index in [9.17, 15) is 4.79 Å². The number of nitrogen functional groups attached to an aromatic ring is 1.